The number of hydrogen-bond donors (Lipinski definition) is 1. The van der Waals surface area contributed by atoms with Crippen LogP contribution >= 0.6 is 31.9 Å². The molecule has 12 heavy (non-hydrogen) atoms. The number of H-pyrrole nitrogens is 1. The fourth-order valence-corrected chi connectivity index (χ4v) is 1.72. The van der Waals surface area contributed by atoms with Crippen molar-refractivity contribution in [2.45, 2.75) is 5.33 Å². The Morgan fingerprint density at radius 1 is 1.42 bits per heavy atom. The van der Waals surface area contributed by atoms with Crippen LogP contribution in [0.1, 0.15) is 5.82 Å². The van der Waals surface area contributed by atoms with E-state index in [0.717, 1.165) is 26.7 Å². The number of fused-ring (bicyclic) bond motifs is 1. The largest absolute Gasteiger partial charge is 0.341 e. The molecule has 0 bridgehead atoms. The van der Waals surface area contributed by atoms with Crippen LogP contribution in [0.5, 0.6) is 0 Å². The van der Waals surface area contributed by atoms with Crippen LogP contribution in [-0.4, -0.2) is 9.97 Å². The van der Waals surface area contributed by atoms with E-state index >= 15 is 0 Å². The van der Waals surface area contributed by atoms with Crippen LogP contribution in [0.4, 0.5) is 0 Å². The zero-order valence-corrected chi connectivity index (χ0v) is 9.31. The van der Waals surface area contributed by atoms with E-state index in [1.165, 1.54) is 0 Å². The first-order chi connectivity index (χ1) is 5.79. The average molecular weight is 290 g/mol. The summed E-state index contributed by atoms with van der Waals surface area (Å²) in [5.74, 6) is 0.961. The van der Waals surface area contributed by atoms with Crippen molar-refractivity contribution in [2.75, 3.05) is 0 Å². The van der Waals surface area contributed by atoms with Crippen LogP contribution in [0.2, 0.25) is 0 Å². The minimum absolute atomic E-state index is 0.763. The Kier molecular flexibility index (Phi) is 2.19. The molecule has 0 atom stereocenters. The minimum atomic E-state index is 0.763. The molecule has 4 heteroatoms. The lowest BCUT2D eigenvalue weighted by molar-refractivity contribution is 1.15. The van der Waals surface area contributed by atoms with Crippen LogP contribution in [0.15, 0.2) is 22.7 Å². The summed E-state index contributed by atoms with van der Waals surface area (Å²) in [5, 5.41) is 0.763. The molecular formula is C8H6Br2N2. The second-order valence-electron chi connectivity index (χ2n) is 2.48. The van der Waals surface area contributed by atoms with Crippen molar-refractivity contribution in [1.82, 2.24) is 9.97 Å². The molecule has 2 nitrogen and oxygen atoms in total. The lowest BCUT2D eigenvalue weighted by Gasteiger charge is -1.87. The molecule has 0 spiro atoms. The van der Waals surface area contributed by atoms with Gasteiger partial charge in [0.2, 0.25) is 0 Å². The van der Waals surface area contributed by atoms with Crippen molar-refractivity contribution in [3.8, 4) is 0 Å². The van der Waals surface area contributed by atoms with Crippen molar-refractivity contribution in [3.05, 3.63) is 28.5 Å². The van der Waals surface area contributed by atoms with E-state index in [1.807, 2.05) is 18.2 Å². The fraction of sp³-hybridized carbons (Fsp3) is 0.125. The minimum Gasteiger partial charge on any atom is -0.341 e. The number of aromatic amines is 1. The predicted octanol–water partition coefficient (Wildman–Crippen LogP) is 3.22. The standard InChI is InChI=1S/C8H6Br2N2/c9-4-8-11-6-2-1-5(10)3-7(6)12-8/h1-3H,4H2,(H,11,12). The maximum atomic E-state index is 4.35. The number of nitrogens with zero attached hydrogens (tertiary/aromatic N) is 1. The second-order valence-corrected chi connectivity index (χ2v) is 3.96. The fourth-order valence-electron chi connectivity index (χ4n) is 1.10. The third-order valence-corrected chi connectivity index (χ3v) is 2.64. The summed E-state index contributed by atoms with van der Waals surface area (Å²) in [6, 6.07) is 6.00. The molecule has 2 aromatic rings. The molecule has 1 N–H and O–H groups in total. The van der Waals surface area contributed by atoms with Gasteiger partial charge in [0, 0.05) is 4.47 Å². The number of benzene rings is 1. The van der Waals surface area contributed by atoms with Crippen LogP contribution < -0.4 is 0 Å². The van der Waals surface area contributed by atoms with E-state index in [9.17, 15) is 0 Å². The average Bonchev–Trinajstić information content (AvgIpc) is 2.46. The van der Waals surface area contributed by atoms with E-state index < -0.39 is 0 Å². The van der Waals surface area contributed by atoms with Gasteiger partial charge in [-0.25, -0.2) is 4.98 Å². The van der Waals surface area contributed by atoms with Gasteiger partial charge in [0.25, 0.3) is 0 Å². The SMILES string of the molecule is BrCc1nc2ccc(Br)cc2[nH]1. The van der Waals surface area contributed by atoms with Crippen molar-refractivity contribution >= 4 is 42.9 Å². The van der Waals surface area contributed by atoms with E-state index in [0.29, 0.717) is 0 Å². The molecule has 0 aliphatic heterocycles. The summed E-state index contributed by atoms with van der Waals surface area (Å²) in [4.78, 5) is 7.55. The second kappa shape index (κ2) is 3.18. The third-order valence-electron chi connectivity index (χ3n) is 1.62. The topological polar surface area (TPSA) is 28.7 Å². The van der Waals surface area contributed by atoms with E-state index in [1.54, 1.807) is 0 Å². The summed E-state index contributed by atoms with van der Waals surface area (Å²) in [5.41, 5.74) is 2.08. The van der Waals surface area contributed by atoms with Gasteiger partial charge in [-0.2, -0.15) is 0 Å². The van der Waals surface area contributed by atoms with Gasteiger partial charge in [0.05, 0.1) is 16.4 Å². The Hall–Kier alpha value is -0.350. The molecule has 0 saturated carbocycles. The van der Waals surface area contributed by atoms with Crippen molar-refractivity contribution in [1.29, 1.82) is 0 Å². The van der Waals surface area contributed by atoms with Crippen molar-refractivity contribution < 1.29 is 0 Å². The maximum absolute atomic E-state index is 4.35. The number of nitrogens with one attached hydrogen (secondary N) is 1. The van der Waals surface area contributed by atoms with E-state index in [4.69, 9.17) is 0 Å². The first-order valence-corrected chi connectivity index (χ1v) is 5.41. The molecule has 0 unspecified atom stereocenters. The van der Waals surface area contributed by atoms with Gasteiger partial charge >= 0.3 is 0 Å². The maximum Gasteiger partial charge on any atom is 0.117 e. The van der Waals surface area contributed by atoms with Crippen LogP contribution in [-0.2, 0) is 5.33 Å². The van der Waals surface area contributed by atoms with Gasteiger partial charge in [-0.1, -0.05) is 31.9 Å². The molecule has 0 saturated heterocycles. The third kappa shape index (κ3) is 1.41. The highest BCUT2D eigenvalue weighted by atomic mass is 79.9. The van der Waals surface area contributed by atoms with Crippen LogP contribution in [0.3, 0.4) is 0 Å². The number of imidazole rings is 1. The van der Waals surface area contributed by atoms with Gasteiger partial charge in [-0.3, -0.25) is 0 Å². The quantitative estimate of drug-likeness (QED) is 0.803. The summed E-state index contributed by atoms with van der Waals surface area (Å²) < 4.78 is 1.07. The number of halogens is 2. The zero-order valence-electron chi connectivity index (χ0n) is 6.14. The predicted molar refractivity (Wildman–Crippen MR) is 56.4 cm³/mol. The molecule has 0 radical (unpaired) electrons. The highest BCUT2D eigenvalue weighted by Gasteiger charge is 2.00. The number of aromatic nitrogens is 2. The summed E-state index contributed by atoms with van der Waals surface area (Å²) in [7, 11) is 0. The molecule has 0 amide bonds. The molecule has 1 aromatic heterocycles. The summed E-state index contributed by atoms with van der Waals surface area (Å²) in [6.45, 7) is 0. The van der Waals surface area contributed by atoms with E-state index in [-0.39, 0.29) is 0 Å². The Bertz CT molecular complexity index is 408. The summed E-state index contributed by atoms with van der Waals surface area (Å²) in [6.07, 6.45) is 0. The first kappa shape index (κ1) is 8.26. The molecular weight excluding hydrogens is 284 g/mol. The Morgan fingerprint density at radius 3 is 3.00 bits per heavy atom. The van der Waals surface area contributed by atoms with E-state index in [2.05, 4.69) is 41.8 Å². The molecule has 0 aliphatic carbocycles. The summed E-state index contributed by atoms with van der Waals surface area (Å²) >= 11 is 6.75. The number of alkyl halides is 1. The highest BCUT2D eigenvalue weighted by molar-refractivity contribution is 9.10. The molecule has 62 valence electrons. The van der Waals surface area contributed by atoms with Crippen LogP contribution in [0, 0.1) is 0 Å². The normalized spacial score (nSPS) is 10.8. The first-order valence-electron chi connectivity index (χ1n) is 3.50. The Balaban J connectivity index is 2.67. The smallest absolute Gasteiger partial charge is 0.117 e. The lowest BCUT2D eigenvalue weighted by Crippen LogP contribution is -1.76. The lowest BCUT2D eigenvalue weighted by atomic mass is 10.3. The Morgan fingerprint density at radius 2 is 2.25 bits per heavy atom. The monoisotopic (exact) mass is 288 g/mol. The van der Waals surface area contributed by atoms with Gasteiger partial charge in [-0.15, -0.1) is 0 Å². The number of rotatable bonds is 1. The molecule has 1 heterocycles. The van der Waals surface area contributed by atoms with Gasteiger partial charge < -0.3 is 4.98 Å². The molecule has 2 rings (SSSR count). The van der Waals surface area contributed by atoms with Gasteiger partial charge in [0.1, 0.15) is 5.82 Å². The molecule has 0 aliphatic rings. The molecule has 0 fully saturated rings. The zero-order chi connectivity index (χ0) is 8.55. The van der Waals surface area contributed by atoms with Gasteiger partial charge in [-0.05, 0) is 18.2 Å². The van der Waals surface area contributed by atoms with Crippen LogP contribution in [0.25, 0.3) is 11.0 Å². The number of hydrogen-bond acceptors (Lipinski definition) is 1. The van der Waals surface area contributed by atoms with Crippen molar-refractivity contribution in [2.24, 2.45) is 0 Å². The highest BCUT2D eigenvalue weighted by Crippen LogP contribution is 2.18. The molecule has 1 aromatic carbocycles. The van der Waals surface area contributed by atoms with Crippen molar-refractivity contribution in [3.63, 3.8) is 0 Å². The van der Waals surface area contributed by atoms with Gasteiger partial charge in [0.15, 0.2) is 0 Å². The Labute approximate surface area is 86.6 Å².